The highest BCUT2D eigenvalue weighted by atomic mass is 35.5. The van der Waals surface area contributed by atoms with E-state index in [-0.39, 0.29) is 5.91 Å². The summed E-state index contributed by atoms with van der Waals surface area (Å²) >= 11 is 12.8. The SMILES string of the molecule is Cc1cc(C)cc(OCCc2ccc(CN3CCN(C(=O)C=Cc4cc(C)c(Oc5ccc(OCc6ccccc6Cl)cn5)c(Cl)c4)CC3)cc2)c1. The molecule has 1 fully saturated rings. The van der Waals surface area contributed by atoms with Gasteiger partial charge in [0.1, 0.15) is 18.1 Å². The highest BCUT2D eigenvalue weighted by Crippen LogP contribution is 2.34. The summed E-state index contributed by atoms with van der Waals surface area (Å²) in [5, 5.41) is 1.09. The summed E-state index contributed by atoms with van der Waals surface area (Å²) in [5.74, 6) is 2.41. The molecule has 0 unspecified atom stereocenters. The maximum atomic E-state index is 13.1. The molecule has 0 saturated carbocycles. The van der Waals surface area contributed by atoms with Crippen LogP contribution < -0.4 is 14.2 Å². The number of hydrogen-bond donors (Lipinski definition) is 0. The molecule has 7 nitrogen and oxygen atoms in total. The summed E-state index contributed by atoms with van der Waals surface area (Å²) in [6.07, 6.45) is 5.88. The Morgan fingerprint density at radius 1 is 0.788 bits per heavy atom. The number of amides is 1. The second kappa shape index (κ2) is 17.6. The number of nitrogens with zero attached hydrogens (tertiary/aromatic N) is 3. The minimum atomic E-state index is -0.0119. The van der Waals surface area contributed by atoms with Crippen LogP contribution >= 0.6 is 23.2 Å². The molecular formula is C43H43Cl2N3O4. The lowest BCUT2D eigenvalue weighted by Crippen LogP contribution is -2.47. The summed E-state index contributed by atoms with van der Waals surface area (Å²) in [4.78, 5) is 21.7. The zero-order valence-corrected chi connectivity index (χ0v) is 31.3. The molecule has 4 aromatic carbocycles. The number of carbonyl (C=O) groups is 1. The van der Waals surface area contributed by atoms with Crippen LogP contribution in [0.15, 0.2) is 103 Å². The lowest BCUT2D eigenvalue weighted by atomic mass is 10.1. The van der Waals surface area contributed by atoms with E-state index < -0.39 is 0 Å². The first-order valence-corrected chi connectivity index (χ1v) is 18.2. The van der Waals surface area contributed by atoms with Crippen molar-refractivity contribution in [2.45, 2.75) is 40.3 Å². The Bertz CT molecular complexity index is 1960. The number of carbonyl (C=O) groups excluding carboxylic acids is 1. The number of benzene rings is 4. The van der Waals surface area contributed by atoms with Crippen molar-refractivity contribution in [2.75, 3.05) is 32.8 Å². The largest absolute Gasteiger partial charge is 0.493 e. The maximum Gasteiger partial charge on any atom is 0.246 e. The fourth-order valence-electron chi connectivity index (χ4n) is 6.15. The van der Waals surface area contributed by atoms with E-state index in [0.717, 1.165) is 48.5 Å². The van der Waals surface area contributed by atoms with Crippen LogP contribution in [0.5, 0.6) is 23.1 Å². The minimum absolute atomic E-state index is 0.0119. The van der Waals surface area contributed by atoms with Crippen LogP contribution in [0.25, 0.3) is 6.08 Å². The molecule has 1 aliphatic rings. The Labute approximate surface area is 316 Å². The molecule has 9 heteroatoms. The van der Waals surface area contributed by atoms with Crippen molar-refractivity contribution in [1.29, 1.82) is 0 Å². The predicted molar refractivity (Wildman–Crippen MR) is 209 cm³/mol. The average Bonchev–Trinajstić information content (AvgIpc) is 3.13. The normalized spacial score (nSPS) is 13.4. The maximum absolute atomic E-state index is 13.1. The standard InChI is InChI=1S/C43H43Cl2N3O4/c1-30-22-31(2)24-38(23-30)50-21-16-33-8-10-34(11-9-33)28-47-17-19-48(20-18-47)42(49)15-12-35-25-32(3)43(40(45)26-35)52-41-14-13-37(27-46-41)51-29-36-6-4-5-7-39(36)44/h4-15,22-27H,16-21,28-29H2,1-3H3. The van der Waals surface area contributed by atoms with Crippen molar-refractivity contribution in [3.05, 3.63) is 152 Å². The summed E-state index contributed by atoms with van der Waals surface area (Å²) in [7, 11) is 0. The summed E-state index contributed by atoms with van der Waals surface area (Å²) in [6, 6.07) is 29.9. The lowest BCUT2D eigenvalue weighted by molar-refractivity contribution is -0.127. The van der Waals surface area contributed by atoms with Gasteiger partial charge in [-0.15, -0.1) is 0 Å². The van der Waals surface area contributed by atoms with E-state index in [1.807, 2.05) is 42.2 Å². The van der Waals surface area contributed by atoms with Crippen LogP contribution in [0.2, 0.25) is 10.0 Å². The van der Waals surface area contributed by atoms with Gasteiger partial charge in [-0.1, -0.05) is 71.7 Å². The average molecular weight is 737 g/mol. The smallest absolute Gasteiger partial charge is 0.246 e. The molecule has 0 bridgehead atoms. The van der Waals surface area contributed by atoms with Gasteiger partial charge in [-0.3, -0.25) is 9.69 Å². The second-order valence-electron chi connectivity index (χ2n) is 13.1. The summed E-state index contributed by atoms with van der Waals surface area (Å²) in [6.45, 7) is 10.9. The quantitative estimate of drug-likeness (QED) is 0.112. The third-order valence-corrected chi connectivity index (χ3v) is 9.56. The molecule has 0 spiro atoms. The molecule has 5 aromatic rings. The number of halogens is 2. The molecule has 1 aliphatic heterocycles. The lowest BCUT2D eigenvalue weighted by Gasteiger charge is -2.34. The molecule has 0 atom stereocenters. The zero-order valence-electron chi connectivity index (χ0n) is 29.8. The van der Waals surface area contributed by atoms with Crippen LogP contribution in [-0.2, 0) is 24.4 Å². The van der Waals surface area contributed by atoms with Crippen molar-refractivity contribution in [1.82, 2.24) is 14.8 Å². The van der Waals surface area contributed by atoms with Gasteiger partial charge in [0.2, 0.25) is 11.8 Å². The van der Waals surface area contributed by atoms with Gasteiger partial charge in [0.25, 0.3) is 0 Å². The van der Waals surface area contributed by atoms with Gasteiger partial charge in [0.05, 0.1) is 17.8 Å². The molecule has 0 radical (unpaired) electrons. The monoisotopic (exact) mass is 735 g/mol. The first-order valence-electron chi connectivity index (χ1n) is 17.5. The number of aromatic nitrogens is 1. The number of hydrogen-bond acceptors (Lipinski definition) is 6. The molecule has 1 saturated heterocycles. The number of piperazine rings is 1. The van der Waals surface area contributed by atoms with Crippen molar-refractivity contribution in [3.8, 4) is 23.1 Å². The zero-order chi connectivity index (χ0) is 36.5. The van der Waals surface area contributed by atoms with Crippen molar-refractivity contribution >= 4 is 35.2 Å². The van der Waals surface area contributed by atoms with E-state index in [1.54, 1.807) is 36.5 Å². The molecule has 52 heavy (non-hydrogen) atoms. The van der Waals surface area contributed by atoms with Crippen LogP contribution in [0.4, 0.5) is 0 Å². The van der Waals surface area contributed by atoms with E-state index in [4.69, 9.17) is 37.4 Å². The van der Waals surface area contributed by atoms with Crippen LogP contribution in [0.1, 0.15) is 38.9 Å². The van der Waals surface area contributed by atoms with Crippen LogP contribution in [0.3, 0.4) is 0 Å². The Hall–Kier alpha value is -4.82. The molecule has 6 rings (SSSR count). The highest BCUT2D eigenvalue weighted by Gasteiger charge is 2.20. The predicted octanol–water partition coefficient (Wildman–Crippen LogP) is 9.66. The minimum Gasteiger partial charge on any atom is -0.493 e. The number of ether oxygens (including phenoxy) is 3. The highest BCUT2D eigenvalue weighted by molar-refractivity contribution is 6.32. The van der Waals surface area contributed by atoms with E-state index in [9.17, 15) is 4.79 Å². The Morgan fingerprint density at radius 2 is 1.52 bits per heavy atom. The molecular weight excluding hydrogens is 693 g/mol. The van der Waals surface area contributed by atoms with E-state index >= 15 is 0 Å². The molecule has 1 amide bonds. The summed E-state index contributed by atoms with van der Waals surface area (Å²) < 4.78 is 17.8. The first-order chi connectivity index (χ1) is 25.2. The fraction of sp³-hybridized carbons (Fsp3) is 0.256. The Balaban J connectivity index is 0.935. The third kappa shape index (κ3) is 10.4. The van der Waals surface area contributed by atoms with Crippen molar-refractivity contribution in [3.63, 3.8) is 0 Å². The Morgan fingerprint density at radius 3 is 2.21 bits per heavy atom. The van der Waals surface area contributed by atoms with Crippen molar-refractivity contribution < 1.29 is 19.0 Å². The topological polar surface area (TPSA) is 64.1 Å². The van der Waals surface area contributed by atoms with Gasteiger partial charge in [0.15, 0.2) is 5.75 Å². The van der Waals surface area contributed by atoms with Gasteiger partial charge in [-0.25, -0.2) is 4.98 Å². The molecule has 2 heterocycles. The van der Waals surface area contributed by atoms with Gasteiger partial charge >= 0.3 is 0 Å². The van der Waals surface area contributed by atoms with E-state index in [2.05, 4.69) is 66.2 Å². The first kappa shape index (κ1) is 37.0. The van der Waals surface area contributed by atoms with Gasteiger partial charge in [-0.05, 0) is 96.6 Å². The fourth-order valence-corrected chi connectivity index (χ4v) is 6.65. The van der Waals surface area contributed by atoms with Gasteiger partial charge in [-0.2, -0.15) is 0 Å². The third-order valence-electron chi connectivity index (χ3n) is 8.91. The number of pyridine rings is 1. The van der Waals surface area contributed by atoms with Crippen molar-refractivity contribution in [2.24, 2.45) is 0 Å². The van der Waals surface area contributed by atoms with Crippen LogP contribution in [-0.4, -0.2) is 53.5 Å². The van der Waals surface area contributed by atoms with E-state index in [1.165, 1.54) is 22.3 Å². The number of rotatable bonds is 13. The molecule has 0 N–H and O–H groups in total. The van der Waals surface area contributed by atoms with Gasteiger partial charge in [0, 0.05) is 61.9 Å². The van der Waals surface area contributed by atoms with Gasteiger partial charge < -0.3 is 19.1 Å². The Kier molecular flexibility index (Phi) is 12.5. The summed E-state index contributed by atoms with van der Waals surface area (Å²) in [5.41, 5.74) is 7.49. The molecule has 0 aliphatic carbocycles. The van der Waals surface area contributed by atoms with Crippen LogP contribution in [0, 0.1) is 20.8 Å². The molecule has 268 valence electrons. The van der Waals surface area contributed by atoms with E-state index in [0.29, 0.717) is 53.7 Å². The molecule has 1 aromatic heterocycles. The number of aryl methyl sites for hydroxylation is 3. The second-order valence-corrected chi connectivity index (χ2v) is 14.0.